The molecule has 0 aromatic rings. The maximum absolute atomic E-state index is 12.8. The van der Waals surface area contributed by atoms with Gasteiger partial charge in [0.05, 0.1) is 0 Å². The SMILES string of the molecule is CC\C=C/C=C\C=C/C=C\CCCCCC(=O)OCC(COC(=O)CCCCCCCCCCC/C=C\C/C=C\C/C=C\CC)OC(=O)CCCCCCCCC/C=C\C/C=C\CCCCC. The molecule has 0 N–H and O–H groups in total. The second-order valence-corrected chi connectivity index (χ2v) is 17.8. The summed E-state index contributed by atoms with van der Waals surface area (Å²) in [5.74, 6) is -0.954. The van der Waals surface area contributed by atoms with Crippen molar-refractivity contribution >= 4 is 17.9 Å². The van der Waals surface area contributed by atoms with E-state index in [0.29, 0.717) is 19.3 Å². The van der Waals surface area contributed by atoms with E-state index in [1.54, 1.807) is 0 Å². The molecule has 0 aromatic heterocycles. The Morgan fingerprint density at radius 2 is 0.657 bits per heavy atom. The molecule has 1 atom stereocenters. The smallest absolute Gasteiger partial charge is 0.306 e. The quantitative estimate of drug-likeness (QED) is 0.0199. The summed E-state index contributed by atoms with van der Waals surface area (Å²) in [5.41, 5.74) is 0. The van der Waals surface area contributed by atoms with Crippen LogP contribution in [-0.2, 0) is 28.6 Å². The van der Waals surface area contributed by atoms with Gasteiger partial charge in [0.2, 0.25) is 0 Å². The first kappa shape index (κ1) is 63.1. The summed E-state index contributed by atoms with van der Waals surface area (Å²) in [6.07, 6.45) is 73.6. The van der Waals surface area contributed by atoms with Gasteiger partial charge in [-0.2, -0.15) is 0 Å². The second kappa shape index (κ2) is 54.7. The molecule has 0 rings (SSSR count). The van der Waals surface area contributed by atoms with E-state index in [-0.39, 0.29) is 31.1 Å². The van der Waals surface area contributed by atoms with Gasteiger partial charge in [-0.3, -0.25) is 14.4 Å². The molecule has 6 heteroatoms. The van der Waals surface area contributed by atoms with Gasteiger partial charge in [0.25, 0.3) is 0 Å². The molecule has 0 aliphatic rings. The predicted molar refractivity (Wildman–Crippen MR) is 288 cm³/mol. The first-order chi connectivity index (χ1) is 33.0. The van der Waals surface area contributed by atoms with E-state index in [9.17, 15) is 14.4 Å². The van der Waals surface area contributed by atoms with Crippen LogP contribution in [0.4, 0.5) is 0 Å². The number of ether oxygens (including phenoxy) is 3. The minimum Gasteiger partial charge on any atom is -0.462 e. The number of carbonyl (C=O) groups excluding carboxylic acids is 3. The molecule has 1 unspecified atom stereocenters. The van der Waals surface area contributed by atoms with Crippen LogP contribution in [0, 0.1) is 0 Å². The van der Waals surface area contributed by atoms with Crippen molar-refractivity contribution in [3.63, 3.8) is 0 Å². The Hall–Kier alpha value is -3.93. The molecule has 0 amide bonds. The number of carbonyl (C=O) groups is 3. The number of hydrogen-bond donors (Lipinski definition) is 0. The Morgan fingerprint density at radius 1 is 0.328 bits per heavy atom. The Kier molecular flexibility index (Phi) is 51.5. The van der Waals surface area contributed by atoms with Crippen LogP contribution in [0.2, 0.25) is 0 Å². The Bertz CT molecular complexity index is 1390. The van der Waals surface area contributed by atoms with E-state index < -0.39 is 6.10 Å². The molecule has 380 valence electrons. The van der Waals surface area contributed by atoms with Crippen molar-refractivity contribution in [2.75, 3.05) is 13.2 Å². The van der Waals surface area contributed by atoms with Crippen LogP contribution >= 0.6 is 0 Å². The van der Waals surface area contributed by atoms with Gasteiger partial charge in [-0.1, -0.05) is 226 Å². The molecule has 0 aliphatic carbocycles. The molecular formula is C61H100O6. The van der Waals surface area contributed by atoms with E-state index in [4.69, 9.17) is 14.2 Å². The van der Waals surface area contributed by atoms with Crippen molar-refractivity contribution in [3.05, 3.63) is 109 Å². The van der Waals surface area contributed by atoms with Crippen molar-refractivity contribution < 1.29 is 28.6 Å². The third-order valence-corrected chi connectivity index (χ3v) is 11.3. The Balaban J connectivity index is 4.44. The highest BCUT2D eigenvalue weighted by Gasteiger charge is 2.19. The van der Waals surface area contributed by atoms with Gasteiger partial charge < -0.3 is 14.2 Å². The summed E-state index contributed by atoms with van der Waals surface area (Å²) in [6, 6.07) is 0. The van der Waals surface area contributed by atoms with E-state index >= 15 is 0 Å². The molecular weight excluding hydrogens is 829 g/mol. The molecule has 67 heavy (non-hydrogen) atoms. The fourth-order valence-corrected chi connectivity index (χ4v) is 7.26. The average Bonchev–Trinajstić information content (AvgIpc) is 3.33. The predicted octanol–water partition coefficient (Wildman–Crippen LogP) is 18.3. The molecule has 0 aliphatic heterocycles. The third-order valence-electron chi connectivity index (χ3n) is 11.3. The number of rotatable bonds is 48. The van der Waals surface area contributed by atoms with Gasteiger partial charge in [0.1, 0.15) is 13.2 Å². The molecule has 0 spiro atoms. The standard InChI is InChI=1S/C61H100O6/c1-4-7-10-13-16-19-22-25-27-29-30-32-33-36-39-42-45-48-51-54-60(63)66-57-58(56-65-59(62)53-50-47-44-41-38-35-24-21-18-15-12-9-6-3)67-61(64)55-52-49-46-43-40-37-34-31-28-26-23-20-17-14-11-8-5-2/h7,9-10,12,15-21,24-28,35,38,58H,4-6,8,11,13-14,22-23,29-34,36-37,39-57H2,1-3H3/b10-7-,12-9-,18-15-,19-16-,20-17-,24-21-,27-25-,28-26-,38-35-. The van der Waals surface area contributed by atoms with Crippen LogP contribution in [0.1, 0.15) is 239 Å². The number of unbranched alkanes of at least 4 members (excludes halogenated alkanes) is 22. The van der Waals surface area contributed by atoms with Crippen LogP contribution in [-0.4, -0.2) is 37.2 Å². The fraction of sp³-hybridized carbons (Fsp3) is 0.656. The van der Waals surface area contributed by atoms with Gasteiger partial charge in [0.15, 0.2) is 6.10 Å². The molecule has 6 nitrogen and oxygen atoms in total. The minimum absolute atomic E-state index is 0.0986. The molecule has 0 saturated carbocycles. The van der Waals surface area contributed by atoms with Crippen molar-refractivity contribution in [3.8, 4) is 0 Å². The lowest BCUT2D eigenvalue weighted by Gasteiger charge is -2.18. The highest BCUT2D eigenvalue weighted by molar-refractivity contribution is 5.71. The normalized spacial score (nSPS) is 12.9. The lowest BCUT2D eigenvalue weighted by molar-refractivity contribution is -0.167. The zero-order chi connectivity index (χ0) is 48.6. The summed E-state index contributed by atoms with van der Waals surface area (Å²) in [4.78, 5) is 38.1. The molecule has 0 aromatic carbocycles. The van der Waals surface area contributed by atoms with Crippen molar-refractivity contribution in [1.82, 2.24) is 0 Å². The first-order valence-electron chi connectivity index (χ1n) is 27.4. The number of allylic oxidation sites excluding steroid dienone is 18. The van der Waals surface area contributed by atoms with Crippen LogP contribution in [0.15, 0.2) is 109 Å². The molecule has 0 radical (unpaired) electrons. The van der Waals surface area contributed by atoms with Gasteiger partial charge in [-0.15, -0.1) is 0 Å². The maximum Gasteiger partial charge on any atom is 0.306 e. The monoisotopic (exact) mass is 929 g/mol. The van der Waals surface area contributed by atoms with E-state index in [0.717, 1.165) is 103 Å². The maximum atomic E-state index is 12.8. The summed E-state index contributed by atoms with van der Waals surface area (Å²) < 4.78 is 16.8. The summed E-state index contributed by atoms with van der Waals surface area (Å²) in [7, 11) is 0. The summed E-state index contributed by atoms with van der Waals surface area (Å²) >= 11 is 0. The Morgan fingerprint density at radius 3 is 1.10 bits per heavy atom. The molecule has 0 saturated heterocycles. The molecule has 0 heterocycles. The Labute approximate surface area is 412 Å². The third kappa shape index (κ3) is 52.9. The summed E-state index contributed by atoms with van der Waals surface area (Å²) in [6.45, 7) is 6.32. The van der Waals surface area contributed by atoms with Crippen LogP contribution in [0.25, 0.3) is 0 Å². The van der Waals surface area contributed by atoms with Crippen LogP contribution in [0.5, 0.6) is 0 Å². The average molecular weight is 929 g/mol. The highest BCUT2D eigenvalue weighted by atomic mass is 16.6. The largest absolute Gasteiger partial charge is 0.462 e. The summed E-state index contributed by atoms with van der Waals surface area (Å²) in [5, 5.41) is 0. The van der Waals surface area contributed by atoms with Crippen LogP contribution in [0.3, 0.4) is 0 Å². The van der Waals surface area contributed by atoms with Crippen molar-refractivity contribution in [1.29, 1.82) is 0 Å². The molecule has 0 fully saturated rings. The lowest BCUT2D eigenvalue weighted by atomic mass is 10.1. The van der Waals surface area contributed by atoms with E-state index in [1.807, 2.05) is 36.5 Å². The van der Waals surface area contributed by atoms with E-state index in [2.05, 4.69) is 93.7 Å². The zero-order valence-corrected chi connectivity index (χ0v) is 43.4. The van der Waals surface area contributed by atoms with Crippen LogP contribution < -0.4 is 0 Å². The second-order valence-electron chi connectivity index (χ2n) is 17.8. The first-order valence-corrected chi connectivity index (χ1v) is 27.4. The lowest BCUT2D eigenvalue weighted by Crippen LogP contribution is -2.30. The fourth-order valence-electron chi connectivity index (χ4n) is 7.26. The van der Waals surface area contributed by atoms with Gasteiger partial charge >= 0.3 is 17.9 Å². The number of hydrogen-bond acceptors (Lipinski definition) is 6. The highest BCUT2D eigenvalue weighted by Crippen LogP contribution is 2.14. The van der Waals surface area contributed by atoms with E-state index in [1.165, 1.54) is 96.3 Å². The zero-order valence-electron chi connectivity index (χ0n) is 43.4. The van der Waals surface area contributed by atoms with Gasteiger partial charge in [-0.25, -0.2) is 0 Å². The van der Waals surface area contributed by atoms with Crippen molar-refractivity contribution in [2.24, 2.45) is 0 Å². The minimum atomic E-state index is -0.803. The topological polar surface area (TPSA) is 78.9 Å². The van der Waals surface area contributed by atoms with Gasteiger partial charge in [-0.05, 0) is 103 Å². The van der Waals surface area contributed by atoms with Gasteiger partial charge in [0, 0.05) is 19.3 Å². The van der Waals surface area contributed by atoms with Crippen molar-refractivity contribution in [2.45, 2.75) is 245 Å². The molecule has 0 bridgehead atoms. The number of esters is 3.